The van der Waals surface area contributed by atoms with E-state index in [0.29, 0.717) is 6.54 Å². The van der Waals surface area contributed by atoms with E-state index in [4.69, 9.17) is 0 Å². The number of amides is 1. The summed E-state index contributed by atoms with van der Waals surface area (Å²) >= 11 is 0. The van der Waals surface area contributed by atoms with E-state index < -0.39 is 0 Å². The number of hydrogen-bond acceptors (Lipinski definition) is 3. The fraction of sp³-hybridized carbons (Fsp3) is 0.923. The third-order valence-electron chi connectivity index (χ3n) is 3.39. The second-order valence-corrected chi connectivity index (χ2v) is 4.88. The quantitative estimate of drug-likeness (QED) is 0.619. The molecule has 17 heavy (non-hydrogen) atoms. The van der Waals surface area contributed by atoms with Gasteiger partial charge in [-0.05, 0) is 38.4 Å². The first-order valence-corrected chi connectivity index (χ1v) is 6.96. The maximum absolute atomic E-state index is 11.4. The van der Waals surface area contributed by atoms with Crippen LogP contribution < -0.4 is 10.6 Å². The van der Waals surface area contributed by atoms with Gasteiger partial charge in [-0.25, -0.2) is 0 Å². The molecule has 1 aliphatic rings. The molecule has 1 aliphatic heterocycles. The lowest BCUT2D eigenvalue weighted by Gasteiger charge is -2.13. The molecular weight excluding hydrogens is 214 g/mol. The molecule has 1 fully saturated rings. The number of likely N-dealkylation sites (tertiary alicyclic amines) is 1. The summed E-state index contributed by atoms with van der Waals surface area (Å²) in [7, 11) is 0. The molecule has 0 saturated carbocycles. The van der Waals surface area contributed by atoms with Crippen molar-refractivity contribution in [3.05, 3.63) is 0 Å². The molecule has 4 nitrogen and oxygen atoms in total. The fourth-order valence-corrected chi connectivity index (χ4v) is 2.22. The Kier molecular flexibility index (Phi) is 7.21. The molecule has 0 aromatic heterocycles. The van der Waals surface area contributed by atoms with Gasteiger partial charge in [-0.3, -0.25) is 4.79 Å². The monoisotopic (exact) mass is 241 g/mol. The van der Waals surface area contributed by atoms with Gasteiger partial charge in [0.1, 0.15) is 0 Å². The van der Waals surface area contributed by atoms with E-state index in [0.717, 1.165) is 38.4 Å². The van der Waals surface area contributed by atoms with Gasteiger partial charge in [-0.15, -0.1) is 0 Å². The molecule has 1 amide bonds. The number of unbranched alkanes of at least 4 members (excludes halogenated alkanes) is 1. The van der Waals surface area contributed by atoms with Gasteiger partial charge in [-0.1, -0.05) is 20.3 Å². The van der Waals surface area contributed by atoms with Gasteiger partial charge in [0.2, 0.25) is 5.91 Å². The standard InChI is InChI=1S/C13H27N3O/c1-3-5-7-15-13(17)10-14-9-12-6-8-16(4-2)11-12/h12,14H,3-11H2,1-2H3,(H,15,17). The molecule has 1 saturated heterocycles. The van der Waals surface area contributed by atoms with Gasteiger partial charge >= 0.3 is 0 Å². The molecule has 0 radical (unpaired) electrons. The van der Waals surface area contributed by atoms with Gasteiger partial charge in [0.05, 0.1) is 6.54 Å². The zero-order chi connectivity index (χ0) is 12.5. The minimum absolute atomic E-state index is 0.129. The number of rotatable bonds is 8. The molecule has 0 spiro atoms. The van der Waals surface area contributed by atoms with Crippen molar-refractivity contribution in [2.24, 2.45) is 5.92 Å². The lowest BCUT2D eigenvalue weighted by molar-refractivity contribution is -0.120. The molecular formula is C13H27N3O. The van der Waals surface area contributed by atoms with Crippen molar-refractivity contribution in [1.29, 1.82) is 0 Å². The van der Waals surface area contributed by atoms with Crippen molar-refractivity contribution >= 4 is 5.91 Å². The second-order valence-electron chi connectivity index (χ2n) is 4.88. The van der Waals surface area contributed by atoms with E-state index in [-0.39, 0.29) is 5.91 Å². The third kappa shape index (κ3) is 6.03. The zero-order valence-electron chi connectivity index (χ0n) is 11.3. The first-order chi connectivity index (χ1) is 8.26. The van der Waals surface area contributed by atoms with Crippen LogP contribution in [0.15, 0.2) is 0 Å². The van der Waals surface area contributed by atoms with Crippen molar-refractivity contribution in [2.75, 3.05) is 39.3 Å². The van der Waals surface area contributed by atoms with Gasteiger partial charge < -0.3 is 15.5 Å². The highest BCUT2D eigenvalue weighted by molar-refractivity contribution is 5.77. The number of carbonyl (C=O) groups excluding carboxylic acids is 1. The first-order valence-electron chi connectivity index (χ1n) is 6.96. The summed E-state index contributed by atoms with van der Waals surface area (Å²) in [6.07, 6.45) is 3.46. The Morgan fingerprint density at radius 1 is 1.41 bits per heavy atom. The average Bonchev–Trinajstić information content (AvgIpc) is 2.77. The molecule has 0 aromatic carbocycles. The summed E-state index contributed by atoms with van der Waals surface area (Å²) in [4.78, 5) is 13.9. The molecule has 100 valence electrons. The fourth-order valence-electron chi connectivity index (χ4n) is 2.22. The molecule has 0 aliphatic carbocycles. The number of hydrogen-bond donors (Lipinski definition) is 2. The molecule has 1 unspecified atom stereocenters. The highest BCUT2D eigenvalue weighted by Gasteiger charge is 2.20. The molecule has 0 bridgehead atoms. The van der Waals surface area contributed by atoms with Crippen LogP contribution in [0.5, 0.6) is 0 Å². The molecule has 1 rings (SSSR count). The van der Waals surface area contributed by atoms with Crippen LogP contribution in [0.4, 0.5) is 0 Å². The minimum Gasteiger partial charge on any atom is -0.355 e. The van der Waals surface area contributed by atoms with Gasteiger partial charge in [0.25, 0.3) is 0 Å². The van der Waals surface area contributed by atoms with E-state index in [1.165, 1.54) is 19.5 Å². The summed E-state index contributed by atoms with van der Waals surface area (Å²) in [6.45, 7) is 10.1. The Morgan fingerprint density at radius 3 is 2.88 bits per heavy atom. The highest BCUT2D eigenvalue weighted by atomic mass is 16.1. The Bertz CT molecular complexity index is 221. The molecule has 1 heterocycles. The van der Waals surface area contributed by atoms with Crippen LogP contribution in [0, 0.1) is 5.92 Å². The lowest BCUT2D eigenvalue weighted by Crippen LogP contribution is -2.36. The maximum Gasteiger partial charge on any atom is 0.233 e. The van der Waals surface area contributed by atoms with Gasteiger partial charge in [0.15, 0.2) is 0 Å². The molecule has 4 heteroatoms. The summed E-state index contributed by atoms with van der Waals surface area (Å²) in [5.74, 6) is 0.849. The summed E-state index contributed by atoms with van der Waals surface area (Å²) < 4.78 is 0. The third-order valence-corrected chi connectivity index (χ3v) is 3.39. The van der Waals surface area contributed by atoms with E-state index >= 15 is 0 Å². The largest absolute Gasteiger partial charge is 0.355 e. The van der Waals surface area contributed by atoms with E-state index in [9.17, 15) is 4.79 Å². The second kappa shape index (κ2) is 8.48. The maximum atomic E-state index is 11.4. The van der Waals surface area contributed by atoms with Crippen molar-refractivity contribution in [1.82, 2.24) is 15.5 Å². The predicted molar refractivity (Wildman–Crippen MR) is 71.0 cm³/mol. The summed E-state index contributed by atoms with van der Waals surface area (Å²) in [6, 6.07) is 0. The van der Waals surface area contributed by atoms with Crippen LogP contribution in [0.3, 0.4) is 0 Å². The van der Waals surface area contributed by atoms with Crippen molar-refractivity contribution < 1.29 is 4.79 Å². The van der Waals surface area contributed by atoms with Gasteiger partial charge in [-0.2, -0.15) is 0 Å². The number of nitrogens with zero attached hydrogens (tertiary/aromatic N) is 1. The van der Waals surface area contributed by atoms with Crippen LogP contribution in [-0.2, 0) is 4.79 Å². The smallest absolute Gasteiger partial charge is 0.233 e. The molecule has 2 N–H and O–H groups in total. The predicted octanol–water partition coefficient (Wildman–Crippen LogP) is 0.834. The van der Waals surface area contributed by atoms with Gasteiger partial charge in [0, 0.05) is 13.1 Å². The van der Waals surface area contributed by atoms with Crippen LogP contribution in [0.25, 0.3) is 0 Å². The van der Waals surface area contributed by atoms with Crippen molar-refractivity contribution in [2.45, 2.75) is 33.1 Å². The van der Waals surface area contributed by atoms with Crippen molar-refractivity contribution in [3.63, 3.8) is 0 Å². The van der Waals surface area contributed by atoms with Crippen LogP contribution in [-0.4, -0.2) is 50.1 Å². The highest BCUT2D eigenvalue weighted by Crippen LogP contribution is 2.14. The normalized spacial score (nSPS) is 20.7. The Labute approximate surface area is 105 Å². The SMILES string of the molecule is CCCCNC(=O)CNCC1CCN(CC)C1. The molecule has 1 atom stereocenters. The molecule has 0 aromatic rings. The van der Waals surface area contributed by atoms with Crippen LogP contribution in [0.2, 0.25) is 0 Å². The van der Waals surface area contributed by atoms with Crippen LogP contribution >= 0.6 is 0 Å². The zero-order valence-corrected chi connectivity index (χ0v) is 11.3. The van der Waals surface area contributed by atoms with E-state index in [2.05, 4.69) is 29.4 Å². The van der Waals surface area contributed by atoms with E-state index in [1.54, 1.807) is 0 Å². The number of nitrogens with one attached hydrogen (secondary N) is 2. The summed E-state index contributed by atoms with van der Waals surface area (Å²) in [5, 5.41) is 6.18. The lowest BCUT2D eigenvalue weighted by atomic mass is 10.1. The number of carbonyl (C=O) groups is 1. The van der Waals surface area contributed by atoms with E-state index in [1.807, 2.05) is 0 Å². The first kappa shape index (κ1) is 14.5. The topological polar surface area (TPSA) is 44.4 Å². The van der Waals surface area contributed by atoms with Crippen molar-refractivity contribution in [3.8, 4) is 0 Å². The Balaban J connectivity index is 1.98. The Morgan fingerprint density at radius 2 is 2.24 bits per heavy atom. The van der Waals surface area contributed by atoms with Crippen LogP contribution in [0.1, 0.15) is 33.1 Å². The minimum atomic E-state index is 0.129. The summed E-state index contributed by atoms with van der Waals surface area (Å²) in [5.41, 5.74) is 0. The Hall–Kier alpha value is -0.610. The average molecular weight is 241 g/mol.